The van der Waals surface area contributed by atoms with Crippen molar-refractivity contribution in [1.29, 1.82) is 0 Å². The summed E-state index contributed by atoms with van der Waals surface area (Å²) in [6.45, 7) is 3.08. The van der Waals surface area contributed by atoms with Crippen LogP contribution in [0.25, 0.3) is 0 Å². The smallest absolute Gasteiger partial charge is 0.309 e. The molecule has 0 spiro atoms. The Morgan fingerprint density at radius 2 is 1.86 bits per heavy atom. The second kappa shape index (κ2) is 9.52. The molecule has 0 fully saturated rings. The van der Waals surface area contributed by atoms with Gasteiger partial charge in [-0.1, -0.05) is 24.3 Å². The Hall–Kier alpha value is -2.64. The lowest BCUT2D eigenvalue weighted by molar-refractivity contribution is -0.139. The summed E-state index contributed by atoms with van der Waals surface area (Å²) in [5.74, 6) is -0.440. The molecule has 2 aromatic rings. The van der Waals surface area contributed by atoms with Crippen molar-refractivity contribution in [3.63, 3.8) is 0 Å². The van der Waals surface area contributed by atoms with Gasteiger partial charge < -0.3 is 20.0 Å². The van der Waals surface area contributed by atoms with Crippen LogP contribution in [-0.2, 0) is 22.6 Å². The van der Waals surface area contributed by atoms with E-state index in [9.17, 15) is 9.59 Å². The van der Waals surface area contributed by atoms with Crippen molar-refractivity contribution < 1.29 is 14.0 Å². The van der Waals surface area contributed by atoms with Crippen LogP contribution in [0.15, 0.2) is 47.1 Å². The lowest BCUT2D eigenvalue weighted by Crippen LogP contribution is -2.46. The van der Waals surface area contributed by atoms with E-state index in [1.807, 2.05) is 37.2 Å². The third kappa shape index (κ3) is 5.21. The Morgan fingerprint density at radius 3 is 2.57 bits per heavy atom. The topological polar surface area (TPSA) is 77.8 Å². The third-order valence-corrected chi connectivity index (χ3v) is 4.98. The summed E-state index contributed by atoms with van der Waals surface area (Å²) in [6, 6.07) is 12.0. The first-order valence-electron chi connectivity index (χ1n) is 9.59. The van der Waals surface area contributed by atoms with Crippen LogP contribution >= 0.6 is 0 Å². The molecule has 0 saturated heterocycles. The summed E-state index contributed by atoms with van der Waals surface area (Å²) >= 11 is 0. The summed E-state index contributed by atoms with van der Waals surface area (Å²) < 4.78 is 5.62. The Bertz CT molecular complexity index is 789. The predicted octanol–water partition coefficient (Wildman–Crippen LogP) is 1.17. The molecule has 7 nitrogen and oxygen atoms in total. The molecule has 0 aliphatic carbocycles. The number of likely N-dealkylation sites (N-methyl/N-ethyl adjacent to an activating group) is 1. The van der Waals surface area contributed by atoms with Crippen molar-refractivity contribution in [3.8, 4) is 0 Å². The zero-order valence-corrected chi connectivity index (χ0v) is 16.5. The molecule has 7 heteroatoms. The van der Waals surface area contributed by atoms with E-state index >= 15 is 0 Å². The van der Waals surface area contributed by atoms with Crippen LogP contribution in [0.5, 0.6) is 0 Å². The molecule has 0 radical (unpaired) electrons. The number of carbonyl (C=O) groups excluding carboxylic acids is 2. The predicted molar refractivity (Wildman–Crippen MR) is 107 cm³/mol. The molecule has 2 N–H and O–H groups in total. The molecular weight excluding hydrogens is 356 g/mol. The van der Waals surface area contributed by atoms with Gasteiger partial charge in [0, 0.05) is 32.7 Å². The van der Waals surface area contributed by atoms with Gasteiger partial charge in [0.15, 0.2) is 0 Å². The van der Waals surface area contributed by atoms with Gasteiger partial charge in [-0.25, -0.2) is 0 Å². The van der Waals surface area contributed by atoms with E-state index in [0.717, 1.165) is 25.3 Å². The van der Waals surface area contributed by atoms with Crippen LogP contribution in [-0.4, -0.2) is 61.9 Å². The summed E-state index contributed by atoms with van der Waals surface area (Å²) in [4.78, 5) is 28.4. The van der Waals surface area contributed by atoms with Crippen molar-refractivity contribution >= 4 is 11.8 Å². The van der Waals surface area contributed by atoms with Gasteiger partial charge in [-0.3, -0.25) is 14.5 Å². The summed E-state index contributed by atoms with van der Waals surface area (Å²) in [7, 11) is 3.83. The Morgan fingerprint density at radius 1 is 1.11 bits per heavy atom. The average molecular weight is 384 g/mol. The molecule has 1 aliphatic heterocycles. The first kappa shape index (κ1) is 20.1. The fourth-order valence-electron chi connectivity index (χ4n) is 3.42. The highest BCUT2D eigenvalue weighted by molar-refractivity contribution is 6.35. The fourth-order valence-corrected chi connectivity index (χ4v) is 3.42. The number of benzene rings is 1. The fraction of sp³-hybridized carbons (Fsp3) is 0.429. The van der Waals surface area contributed by atoms with Crippen LogP contribution in [0.4, 0.5) is 0 Å². The summed E-state index contributed by atoms with van der Waals surface area (Å²) in [5.41, 5.74) is 2.65. The lowest BCUT2D eigenvalue weighted by atomic mass is 9.98. The highest BCUT2D eigenvalue weighted by Crippen LogP contribution is 2.27. The molecule has 150 valence electrons. The van der Waals surface area contributed by atoms with Crippen molar-refractivity contribution in [3.05, 3.63) is 59.5 Å². The minimum absolute atomic E-state index is 0.123. The highest BCUT2D eigenvalue weighted by Gasteiger charge is 2.27. The van der Waals surface area contributed by atoms with Crippen LogP contribution < -0.4 is 10.6 Å². The number of amides is 2. The number of nitrogens with zero attached hydrogens (tertiary/aromatic N) is 2. The van der Waals surface area contributed by atoms with E-state index in [-0.39, 0.29) is 6.04 Å². The second-order valence-corrected chi connectivity index (χ2v) is 7.29. The van der Waals surface area contributed by atoms with Crippen LogP contribution in [0, 0.1) is 0 Å². The quantitative estimate of drug-likeness (QED) is 0.701. The SMILES string of the molecule is CN(C)CCNC(=O)C(=O)NC[C@@H](c1ccco1)N1CCc2ccccc2C1. The van der Waals surface area contributed by atoms with Gasteiger partial charge >= 0.3 is 11.8 Å². The standard InChI is InChI=1S/C21H28N4O3/c1-24(2)12-10-22-20(26)21(27)23-14-18(19-8-5-13-28-19)25-11-9-16-6-3-4-7-17(16)15-25/h3-8,13,18H,9-12,14-15H2,1-2H3,(H,22,26)(H,23,27)/t18-/m0/s1. The van der Waals surface area contributed by atoms with E-state index in [4.69, 9.17) is 4.42 Å². The van der Waals surface area contributed by atoms with E-state index in [0.29, 0.717) is 19.6 Å². The monoisotopic (exact) mass is 384 g/mol. The minimum atomic E-state index is -0.618. The van der Waals surface area contributed by atoms with E-state index in [1.54, 1.807) is 6.26 Å². The minimum Gasteiger partial charge on any atom is -0.468 e. The number of nitrogens with one attached hydrogen (secondary N) is 2. The summed E-state index contributed by atoms with van der Waals surface area (Å²) in [5, 5.41) is 5.40. The van der Waals surface area contributed by atoms with Gasteiger partial charge in [0.1, 0.15) is 5.76 Å². The number of carbonyl (C=O) groups is 2. The number of furan rings is 1. The van der Waals surface area contributed by atoms with Gasteiger partial charge in [-0.15, -0.1) is 0 Å². The summed E-state index contributed by atoms with van der Waals surface area (Å²) in [6.07, 6.45) is 2.59. The highest BCUT2D eigenvalue weighted by atomic mass is 16.3. The maximum absolute atomic E-state index is 12.2. The third-order valence-electron chi connectivity index (χ3n) is 4.98. The molecule has 1 aromatic carbocycles. The normalized spacial score (nSPS) is 15.1. The van der Waals surface area contributed by atoms with Crippen LogP contribution in [0.3, 0.4) is 0 Å². The maximum atomic E-state index is 12.2. The molecule has 0 unspecified atom stereocenters. The van der Waals surface area contributed by atoms with Crippen LogP contribution in [0.2, 0.25) is 0 Å². The molecule has 3 rings (SSSR count). The van der Waals surface area contributed by atoms with E-state index in [1.165, 1.54) is 11.1 Å². The van der Waals surface area contributed by atoms with Crippen molar-refractivity contribution in [2.45, 2.75) is 19.0 Å². The van der Waals surface area contributed by atoms with E-state index < -0.39 is 11.8 Å². The zero-order chi connectivity index (χ0) is 19.9. The zero-order valence-electron chi connectivity index (χ0n) is 16.5. The number of hydrogen-bond acceptors (Lipinski definition) is 5. The average Bonchev–Trinajstić information content (AvgIpc) is 3.22. The first-order valence-corrected chi connectivity index (χ1v) is 9.59. The number of hydrogen-bond donors (Lipinski definition) is 2. The Labute approximate surface area is 165 Å². The van der Waals surface area contributed by atoms with Crippen molar-refractivity contribution in [2.75, 3.05) is 40.3 Å². The molecule has 0 saturated carbocycles. The number of fused-ring (bicyclic) bond motifs is 1. The van der Waals surface area contributed by atoms with Crippen LogP contribution in [0.1, 0.15) is 22.9 Å². The molecule has 2 amide bonds. The van der Waals surface area contributed by atoms with Crippen molar-refractivity contribution in [2.24, 2.45) is 0 Å². The molecular formula is C21H28N4O3. The van der Waals surface area contributed by atoms with E-state index in [2.05, 4.69) is 33.7 Å². The molecule has 2 heterocycles. The molecule has 28 heavy (non-hydrogen) atoms. The maximum Gasteiger partial charge on any atom is 0.309 e. The Balaban J connectivity index is 1.61. The van der Waals surface area contributed by atoms with Crippen molar-refractivity contribution in [1.82, 2.24) is 20.4 Å². The largest absolute Gasteiger partial charge is 0.468 e. The molecule has 1 aromatic heterocycles. The van der Waals surface area contributed by atoms with Gasteiger partial charge in [0.05, 0.1) is 12.3 Å². The molecule has 1 aliphatic rings. The number of rotatable bonds is 7. The van der Waals surface area contributed by atoms with Gasteiger partial charge in [-0.05, 0) is 43.8 Å². The molecule has 0 bridgehead atoms. The van der Waals surface area contributed by atoms with Gasteiger partial charge in [-0.2, -0.15) is 0 Å². The van der Waals surface area contributed by atoms with Gasteiger partial charge in [0.25, 0.3) is 0 Å². The molecule has 1 atom stereocenters. The first-order chi connectivity index (χ1) is 13.5. The lowest BCUT2D eigenvalue weighted by Gasteiger charge is -2.34. The van der Waals surface area contributed by atoms with Gasteiger partial charge in [0.2, 0.25) is 0 Å². The Kier molecular flexibility index (Phi) is 6.84. The second-order valence-electron chi connectivity index (χ2n) is 7.29.